The number of oxime groups is 1. The fraction of sp³-hybridized carbons (Fsp3) is 0.143. The topological polar surface area (TPSA) is 141 Å². The van der Waals surface area contributed by atoms with Crippen molar-refractivity contribution < 1.29 is 29.6 Å². The number of hydrogen-bond donors (Lipinski definition) is 4. The van der Waals surface area contributed by atoms with Crippen molar-refractivity contribution in [1.82, 2.24) is 10.3 Å². The van der Waals surface area contributed by atoms with Crippen molar-refractivity contribution in [2.24, 2.45) is 5.16 Å². The maximum Gasteiger partial charge on any atom is 0.547 e. The predicted octanol–water partition coefficient (Wildman–Crippen LogP) is 0.159. The number of hydrogen-bond acceptors (Lipinski definition) is 8. The second-order valence-corrected chi connectivity index (χ2v) is 5.93. The normalized spacial score (nSPS) is 16.8. The number of carboxylic acid groups (broad SMARTS) is 1. The van der Waals surface area contributed by atoms with Crippen LogP contribution in [0, 0.1) is 0 Å². The summed E-state index contributed by atoms with van der Waals surface area (Å²) in [4.78, 5) is 27.4. The van der Waals surface area contributed by atoms with Gasteiger partial charge in [-0.3, -0.25) is 4.79 Å². The van der Waals surface area contributed by atoms with Crippen molar-refractivity contribution in [2.45, 2.75) is 12.4 Å². The molecule has 1 aromatic carbocycles. The Labute approximate surface area is 145 Å². The predicted molar refractivity (Wildman–Crippen MR) is 88.1 cm³/mol. The van der Waals surface area contributed by atoms with Crippen molar-refractivity contribution in [3.63, 3.8) is 0 Å². The summed E-state index contributed by atoms with van der Waals surface area (Å²) in [5, 5.41) is 35.3. The van der Waals surface area contributed by atoms with Crippen LogP contribution < -0.4 is 9.97 Å². The number of benzene rings is 1. The van der Waals surface area contributed by atoms with E-state index in [4.69, 9.17) is 15.0 Å². The molecule has 1 aromatic heterocycles. The minimum atomic E-state index is -1.45. The molecule has 11 heteroatoms. The van der Waals surface area contributed by atoms with Gasteiger partial charge in [0.2, 0.25) is 0 Å². The van der Waals surface area contributed by atoms with Crippen LogP contribution in [-0.4, -0.2) is 51.0 Å². The Bertz CT molecular complexity index is 841. The number of para-hydroxylation sites is 1. The number of amides is 1. The van der Waals surface area contributed by atoms with Gasteiger partial charge in [-0.1, -0.05) is 17.3 Å². The number of fused-ring (bicyclic) bond motifs is 1. The highest BCUT2D eigenvalue weighted by molar-refractivity contribution is 7.07. The quantitative estimate of drug-likeness (QED) is 0.263. The first-order chi connectivity index (χ1) is 12.0. The van der Waals surface area contributed by atoms with E-state index in [0.717, 1.165) is 0 Å². The minimum Gasteiger partial charge on any atom is -0.534 e. The van der Waals surface area contributed by atoms with Gasteiger partial charge in [0.05, 0.1) is 17.0 Å². The fourth-order valence-electron chi connectivity index (χ4n) is 2.50. The highest BCUT2D eigenvalue weighted by Gasteiger charge is 2.38. The van der Waals surface area contributed by atoms with Gasteiger partial charge in [-0.05, 0) is 18.1 Å². The van der Waals surface area contributed by atoms with E-state index in [2.05, 4.69) is 15.5 Å². The van der Waals surface area contributed by atoms with E-state index in [1.54, 1.807) is 12.1 Å². The lowest BCUT2D eigenvalue weighted by molar-refractivity contribution is -0.115. The molecule has 1 amide bonds. The van der Waals surface area contributed by atoms with Gasteiger partial charge in [0.1, 0.15) is 11.4 Å². The van der Waals surface area contributed by atoms with E-state index >= 15 is 0 Å². The van der Waals surface area contributed by atoms with Crippen molar-refractivity contribution in [2.75, 3.05) is 0 Å². The van der Waals surface area contributed by atoms with Crippen molar-refractivity contribution in [3.05, 3.63) is 45.9 Å². The highest BCUT2D eigenvalue weighted by atomic mass is 32.1. The van der Waals surface area contributed by atoms with Crippen LogP contribution in [0.4, 0.5) is 0 Å². The second kappa shape index (κ2) is 6.91. The molecule has 4 N–H and O–H groups in total. The summed E-state index contributed by atoms with van der Waals surface area (Å²) in [5.41, 5.74) is 1.85. The first-order valence-electron chi connectivity index (χ1n) is 7.12. The van der Waals surface area contributed by atoms with E-state index < -0.39 is 24.9 Å². The Morgan fingerprint density at radius 3 is 2.88 bits per heavy atom. The van der Waals surface area contributed by atoms with Crippen molar-refractivity contribution in [3.8, 4) is 5.75 Å². The molecule has 1 aliphatic rings. The number of carbonyl (C=O) groups excluding carboxylic acids is 1. The van der Waals surface area contributed by atoms with E-state index in [1.165, 1.54) is 28.3 Å². The molecule has 0 bridgehead atoms. The van der Waals surface area contributed by atoms with Gasteiger partial charge in [0.15, 0.2) is 5.71 Å². The van der Waals surface area contributed by atoms with Crippen LogP contribution in [0.5, 0.6) is 5.75 Å². The molecule has 3 rings (SSSR count). The molecule has 25 heavy (non-hydrogen) atoms. The number of aromatic carboxylic acids is 1. The average molecular weight is 361 g/mol. The molecule has 0 fully saturated rings. The lowest BCUT2D eigenvalue weighted by Gasteiger charge is -2.28. The van der Waals surface area contributed by atoms with Crippen LogP contribution in [0.25, 0.3) is 0 Å². The van der Waals surface area contributed by atoms with E-state index in [9.17, 15) is 14.6 Å². The summed E-state index contributed by atoms with van der Waals surface area (Å²) in [5.74, 6) is -2.69. The largest absolute Gasteiger partial charge is 0.547 e. The molecule has 9 nitrogen and oxygen atoms in total. The van der Waals surface area contributed by atoms with Crippen LogP contribution >= 0.6 is 11.3 Å². The third-order valence-electron chi connectivity index (χ3n) is 3.66. The van der Waals surface area contributed by atoms with Crippen molar-refractivity contribution >= 4 is 36.0 Å². The maximum absolute atomic E-state index is 12.3. The molecule has 128 valence electrons. The molecule has 0 saturated heterocycles. The number of nitrogens with zero attached hydrogens (tertiary/aromatic N) is 2. The Morgan fingerprint density at radius 2 is 2.24 bits per heavy atom. The van der Waals surface area contributed by atoms with Gasteiger partial charge in [0, 0.05) is 5.38 Å². The van der Waals surface area contributed by atoms with Gasteiger partial charge >= 0.3 is 13.1 Å². The van der Waals surface area contributed by atoms with Gasteiger partial charge in [0.25, 0.3) is 5.91 Å². The van der Waals surface area contributed by atoms with Crippen LogP contribution in [-0.2, 0) is 11.2 Å². The van der Waals surface area contributed by atoms with Gasteiger partial charge in [-0.25, -0.2) is 9.78 Å². The Balaban J connectivity index is 1.80. The molecule has 2 heterocycles. The van der Waals surface area contributed by atoms with Crippen LogP contribution in [0.15, 0.2) is 34.2 Å². The lowest BCUT2D eigenvalue weighted by Crippen LogP contribution is -2.54. The van der Waals surface area contributed by atoms with Crippen LogP contribution in [0.2, 0.25) is 0 Å². The van der Waals surface area contributed by atoms with Gasteiger partial charge < -0.3 is 25.3 Å². The zero-order valence-electron chi connectivity index (χ0n) is 12.6. The summed E-state index contributed by atoms with van der Waals surface area (Å²) >= 11 is 1.23. The summed E-state index contributed by atoms with van der Waals surface area (Å²) in [7, 11) is -1.45. The summed E-state index contributed by atoms with van der Waals surface area (Å²) in [6.45, 7) is 0. The smallest absolute Gasteiger partial charge is 0.534 e. The second-order valence-electron chi connectivity index (χ2n) is 5.21. The third kappa shape index (κ3) is 3.32. The highest BCUT2D eigenvalue weighted by Crippen LogP contribution is 2.30. The number of rotatable bonds is 4. The molecular weight excluding hydrogens is 349 g/mol. The maximum atomic E-state index is 12.3. The number of thiazole rings is 1. The molecular formula is C14H12BN3O6S. The Kier molecular flexibility index (Phi) is 4.68. The molecule has 1 aliphatic heterocycles. The summed E-state index contributed by atoms with van der Waals surface area (Å²) < 4.78 is 5.29. The van der Waals surface area contributed by atoms with Crippen molar-refractivity contribution in [1.29, 1.82) is 0 Å². The fourth-order valence-corrected chi connectivity index (χ4v) is 3.03. The number of nitrogens with one attached hydrogen (secondary N) is 1. The minimum absolute atomic E-state index is 0.0681. The molecule has 0 unspecified atom stereocenters. The zero-order chi connectivity index (χ0) is 18.0. The summed E-state index contributed by atoms with van der Waals surface area (Å²) in [6, 6.07) is 4.57. The zero-order valence-corrected chi connectivity index (χ0v) is 13.4. The molecule has 2 aromatic rings. The molecule has 0 radical (unpaired) electrons. The monoisotopic (exact) mass is 361 g/mol. The standard InChI is InChI=1S/C14H12BN3O6S/c19-13(11(18-23)9-5-25-6-16-9)17-10-4-7-2-1-3-8(14(20)21)12(7)24-15(10)22/h1-3,5-6,10,22-23H,4H2,(H,17,19)(H,20,21)/b18-11-/t10-/m0/s1. The first-order valence-corrected chi connectivity index (χ1v) is 8.07. The number of carbonyl (C=O) groups is 2. The molecule has 0 spiro atoms. The Hall–Kier alpha value is -2.92. The van der Waals surface area contributed by atoms with E-state index in [1.807, 2.05) is 0 Å². The van der Waals surface area contributed by atoms with Gasteiger partial charge in [-0.2, -0.15) is 0 Å². The molecule has 0 saturated carbocycles. The lowest BCUT2D eigenvalue weighted by atomic mass is 9.72. The summed E-state index contributed by atoms with van der Waals surface area (Å²) in [6.07, 6.45) is 0.152. The average Bonchev–Trinajstić information content (AvgIpc) is 3.09. The third-order valence-corrected chi connectivity index (χ3v) is 4.24. The molecule has 1 atom stereocenters. The first kappa shape index (κ1) is 16.9. The van der Waals surface area contributed by atoms with Crippen LogP contribution in [0.3, 0.4) is 0 Å². The van der Waals surface area contributed by atoms with E-state index in [-0.39, 0.29) is 29.1 Å². The SMILES string of the molecule is O=C(N[C@H]1Cc2cccc(C(=O)O)c2OB1O)/C(=N\O)c1cscn1. The number of carboxylic acids is 1. The van der Waals surface area contributed by atoms with E-state index in [0.29, 0.717) is 5.56 Å². The molecule has 0 aliphatic carbocycles. The van der Waals surface area contributed by atoms with Crippen LogP contribution in [0.1, 0.15) is 21.6 Å². The number of aromatic nitrogens is 1. The Morgan fingerprint density at radius 1 is 1.44 bits per heavy atom. The van der Waals surface area contributed by atoms with Gasteiger partial charge in [-0.15, -0.1) is 11.3 Å².